The van der Waals surface area contributed by atoms with Crippen molar-refractivity contribution in [2.75, 3.05) is 7.11 Å². The lowest BCUT2D eigenvalue weighted by molar-refractivity contribution is 0.00578. The molecule has 0 N–H and O–H groups in total. The average molecular weight is 276 g/mol. The number of rotatable bonds is 3. The van der Waals surface area contributed by atoms with Gasteiger partial charge in [-0.1, -0.05) is 0 Å². The molecule has 1 aliphatic heterocycles. The Morgan fingerprint density at radius 2 is 1.70 bits per heavy atom. The Kier molecular flexibility index (Phi) is 3.69. The fourth-order valence-electron chi connectivity index (χ4n) is 2.15. The number of benzene rings is 1. The van der Waals surface area contributed by atoms with Gasteiger partial charge in [-0.2, -0.15) is 0 Å². The van der Waals surface area contributed by atoms with Crippen LogP contribution in [-0.4, -0.2) is 31.2 Å². The van der Waals surface area contributed by atoms with Gasteiger partial charge in [0.1, 0.15) is 5.75 Å². The number of Topliss-reactive ketones (excluding diaryl/α,β-unsaturated/α-hetero) is 1. The van der Waals surface area contributed by atoms with Crippen molar-refractivity contribution in [2.45, 2.75) is 45.8 Å². The number of ether oxygens (including phenoxy) is 1. The van der Waals surface area contributed by atoms with Crippen LogP contribution in [0, 0.1) is 0 Å². The van der Waals surface area contributed by atoms with Gasteiger partial charge in [0.15, 0.2) is 5.78 Å². The summed E-state index contributed by atoms with van der Waals surface area (Å²) in [5.74, 6) is 0.664. The van der Waals surface area contributed by atoms with E-state index in [-0.39, 0.29) is 5.78 Å². The molecule has 0 radical (unpaired) electrons. The van der Waals surface area contributed by atoms with Crippen LogP contribution in [0.2, 0.25) is 0 Å². The zero-order valence-corrected chi connectivity index (χ0v) is 12.9. The Labute approximate surface area is 120 Å². The molecule has 0 aromatic heterocycles. The van der Waals surface area contributed by atoms with Gasteiger partial charge in [-0.3, -0.25) is 4.79 Å². The minimum Gasteiger partial charge on any atom is -0.497 e. The Hall–Kier alpha value is -1.33. The molecular formula is C15H21BO4. The Morgan fingerprint density at radius 1 is 1.15 bits per heavy atom. The van der Waals surface area contributed by atoms with E-state index in [1.54, 1.807) is 25.3 Å². The summed E-state index contributed by atoms with van der Waals surface area (Å²) in [5, 5.41) is 0. The molecule has 1 aromatic carbocycles. The lowest BCUT2D eigenvalue weighted by Crippen LogP contribution is -2.41. The molecule has 0 amide bonds. The first kappa shape index (κ1) is 15.1. The average Bonchev–Trinajstić information content (AvgIpc) is 2.57. The molecule has 1 saturated heterocycles. The molecule has 0 unspecified atom stereocenters. The normalized spacial score (nSPS) is 20.0. The maximum atomic E-state index is 11.8. The number of methoxy groups -OCH3 is 1. The highest BCUT2D eigenvalue weighted by molar-refractivity contribution is 6.63. The highest BCUT2D eigenvalue weighted by Gasteiger charge is 2.52. The first-order valence-corrected chi connectivity index (χ1v) is 6.72. The number of hydrogen-bond acceptors (Lipinski definition) is 4. The van der Waals surface area contributed by atoms with Gasteiger partial charge in [-0.25, -0.2) is 0 Å². The summed E-state index contributed by atoms with van der Waals surface area (Å²) in [6.07, 6.45) is 0. The maximum Gasteiger partial charge on any atom is 0.495 e. The summed E-state index contributed by atoms with van der Waals surface area (Å²) in [5.41, 5.74) is 0.448. The number of hydrogen-bond donors (Lipinski definition) is 0. The minimum absolute atomic E-state index is 0.0163. The third-order valence-electron chi connectivity index (χ3n) is 4.15. The van der Waals surface area contributed by atoms with Crippen molar-refractivity contribution in [3.63, 3.8) is 0 Å². The third kappa shape index (κ3) is 2.48. The second-order valence-corrected chi connectivity index (χ2v) is 6.10. The highest BCUT2D eigenvalue weighted by atomic mass is 16.7. The van der Waals surface area contributed by atoms with Gasteiger partial charge in [0.05, 0.1) is 18.3 Å². The SMILES string of the molecule is COc1ccc(C(C)=O)c(B2OC(C)(C)C(C)(C)O2)c1. The van der Waals surface area contributed by atoms with Gasteiger partial charge >= 0.3 is 7.12 Å². The largest absolute Gasteiger partial charge is 0.497 e. The zero-order chi connectivity index (χ0) is 15.1. The Balaban J connectivity index is 2.45. The molecule has 0 aliphatic carbocycles. The lowest BCUT2D eigenvalue weighted by atomic mass is 9.75. The predicted molar refractivity (Wildman–Crippen MR) is 78.7 cm³/mol. The zero-order valence-electron chi connectivity index (χ0n) is 12.9. The molecule has 0 saturated carbocycles. The molecule has 1 heterocycles. The molecule has 0 spiro atoms. The van der Waals surface area contributed by atoms with Gasteiger partial charge < -0.3 is 14.0 Å². The summed E-state index contributed by atoms with van der Waals surface area (Å²) in [6.45, 7) is 9.49. The van der Waals surface area contributed by atoms with Crippen LogP contribution >= 0.6 is 0 Å². The first-order chi connectivity index (χ1) is 9.18. The van der Waals surface area contributed by atoms with Crippen molar-refractivity contribution < 1.29 is 18.8 Å². The van der Waals surface area contributed by atoms with E-state index < -0.39 is 18.3 Å². The molecule has 20 heavy (non-hydrogen) atoms. The molecule has 1 aliphatic rings. The van der Waals surface area contributed by atoms with Crippen LogP contribution in [-0.2, 0) is 9.31 Å². The van der Waals surface area contributed by atoms with Crippen LogP contribution in [0.25, 0.3) is 0 Å². The van der Waals surface area contributed by atoms with E-state index in [0.717, 1.165) is 5.46 Å². The van der Waals surface area contributed by atoms with E-state index in [4.69, 9.17) is 14.0 Å². The molecule has 0 atom stereocenters. The van der Waals surface area contributed by atoms with E-state index in [0.29, 0.717) is 11.3 Å². The second kappa shape index (κ2) is 4.90. The Morgan fingerprint density at radius 3 is 2.15 bits per heavy atom. The fraction of sp³-hybridized carbons (Fsp3) is 0.533. The fourth-order valence-corrected chi connectivity index (χ4v) is 2.15. The molecule has 1 fully saturated rings. The summed E-state index contributed by atoms with van der Waals surface area (Å²) in [6, 6.07) is 5.33. The molecule has 108 valence electrons. The van der Waals surface area contributed by atoms with Crippen molar-refractivity contribution in [1.29, 1.82) is 0 Å². The van der Waals surface area contributed by atoms with Crippen molar-refractivity contribution in [3.05, 3.63) is 23.8 Å². The van der Waals surface area contributed by atoms with Crippen LogP contribution < -0.4 is 10.2 Å². The molecule has 0 bridgehead atoms. The van der Waals surface area contributed by atoms with Crippen molar-refractivity contribution in [3.8, 4) is 5.75 Å². The minimum atomic E-state index is -0.561. The summed E-state index contributed by atoms with van der Waals surface area (Å²) in [4.78, 5) is 11.8. The molecule has 2 rings (SSSR count). The lowest BCUT2D eigenvalue weighted by Gasteiger charge is -2.32. The van der Waals surface area contributed by atoms with E-state index in [2.05, 4.69) is 0 Å². The second-order valence-electron chi connectivity index (χ2n) is 6.10. The van der Waals surface area contributed by atoms with Gasteiger partial charge in [-0.15, -0.1) is 0 Å². The van der Waals surface area contributed by atoms with Crippen LogP contribution in [0.4, 0.5) is 0 Å². The third-order valence-corrected chi connectivity index (χ3v) is 4.15. The molecular weight excluding hydrogens is 255 g/mol. The number of carbonyl (C=O) groups is 1. The quantitative estimate of drug-likeness (QED) is 0.627. The summed E-state index contributed by atoms with van der Waals surface area (Å²) in [7, 11) is 1.03. The van der Waals surface area contributed by atoms with Crippen molar-refractivity contribution >= 4 is 18.4 Å². The van der Waals surface area contributed by atoms with Crippen molar-refractivity contribution in [2.24, 2.45) is 0 Å². The molecule has 5 heteroatoms. The van der Waals surface area contributed by atoms with Gasteiger partial charge in [0, 0.05) is 5.56 Å². The monoisotopic (exact) mass is 276 g/mol. The van der Waals surface area contributed by atoms with Crippen LogP contribution in [0.1, 0.15) is 45.0 Å². The standard InChI is InChI=1S/C15H21BO4/c1-10(17)12-8-7-11(18-6)9-13(12)16-19-14(2,3)15(4,5)20-16/h7-9H,1-6H3. The number of ketones is 1. The molecule has 4 nitrogen and oxygen atoms in total. The topological polar surface area (TPSA) is 44.8 Å². The predicted octanol–water partition coefficient (Wildman–Crippen LogP) is 2.20. The number of carbonyl (C=O) groups excluding carboxylic acids is 1. The van der Waals surface area contributed by atoms with Gasteiger partial charge in [-0.05, 0) is 58.3 Å². The maximum absolute atomic E-state index is 11.8. The van der Waals surface area contributed by atoms with Gasteiger partial charge in [0.2, 0.25) is 0 Å². The van der Waals surface area contributed by atoms with E-state index in [1.807, 2.05) is 27.7 Å². The molecule has 1 aromatic rings. The smallest absolute Gasteiger partial charge is 0.495 e. The van der Waals surface area contributed by atoms with Crippen molar-refractivity contribution in [1.82, 2.24) is 0 Å². The van der Waals surface area contributed by atoms with Crippen LogP contribution in [0.3, 0.4) is 0 Å². The van der Waals surface area contributed by atoms with E-state index in [1.165, 1.54) is 6.92 Å². The van der Waals surface area contributed by atoms with Gasteiger partial charge in [0.25, 0.3) is 0 Å². The Bertz CT molecular complexity index is 521. The summed E-state index contributed by atoms with van der Waals surface area (Å²) < 4.78 is 17.3. The van der Waals surface area contributed by atoms with Crippen LogP contribution in [0.15, 0.2) is 18.2 Å². The van der Waals surface area contributed by atoms with Crippen LogP contribution in [0.5, 0.6) is 5.75 Å². The first-order valence-electron chi connectivity index (χ1n) is 6.72. The summed E-state index contributed by atoms with van der Waals surface area (Å²) >= 11 is 0. The highest BCUT2D eigenvalue weighted by Crippen LogP contribution is 2.36. The van der Waals surface area contributed by atoms with E-state index in [9.17, 15) is 4.79 Å². The van der Waals surface area contributed by atoms with E-state index >= 15 is 0 Å².